The van der Waals surface area contributed by atoms with E-state index >= 15 is 0 Å². The molecule has 1 aromatic carbocycles. The van der Waals surface area contributed by atoms with Gasteiger partial charge in [-0.15, -0.1) is 11.3 Å². The Morgan fingerprint density at radius 3 is 2.88 bits per heavy atom. The Balaban J connectivity index is 2.16. The molecule has 0 fully saturated rings. The molecule has 0 saturated heterocycles. The van der Waals surface area contributed by atoms with Crippen molar-refractivity contribution in [1.29, 1.82) is 0 Å². The smallest absolute Gasteiger partial charge is 0.335 e. The third-order valence-electron chi connectivity index (χ3n) is 2.40. The number of hydrogen-bond donors (Lipinski definition) is 1. The first kappa shape index (κ1) is 10.4. The number of nitrogens with zero attached hydrogens (tertiary/aromatic N) is 1. The lowest BCUT2D eigenvalue weighted by Crippen LogP contribution is -1.94. The Hall–Kier alpha value is -1.72. The molecule has 5 heteroatoms. The fourth-order valence-electron chi connectivity index (χ4n) is 1.57. The molecule has 1 N–H and O–H groups in total. The van der Waals surface area contributed by atoms with E-state index in [4.69, 9.17) is 5.11 Å². The van der Waals surface area contributed by atoms with Crippen LogP contribution in [-0.2, 0) is 0 Å². The van der Waals surface area contributed by atoms with Crippen LogP contribution in [-0.4, -0.2) is 16.1 Å². The molecule has 0 aliphatic rings. The maximum Gasteiger partial charge on any atom is 0.335 e. The predicted molar refractivity (Wildman–Crippen MR) is 69.9 cm³/mol. The lowest BCUT2D eigenvalue weighted by molar-refractivity contribution is 0.0697. The van der Waals surface area contributed by atoms with Crippen molar-refractivity contribution in [3.8, 4) is 10.6 Å². The highest BCUT2D eigenvalue weighted by molar-refractivity contribution is 7.22. The Morgan fingerprint density at radius 2 is 2.18 bits per heavy atom. The molecular formula is C12H7NO2S2. The fourth-order valence-corrected chi connectivity index (χ4v) is 3.28. The number of thiophene rings is 1. The molecule has 0 radical (unpaired) electrons. The van der Waals surface area contributed by atoms with Gasteiger partial charge in [-0.1, -0.05) is 0 Å². The van der Waals surface area contributed by atoms with Gasteiger partial charge in [0.05, 0.1) is 15.8 Å². The predicted octanol–water partition coefficient (Wildman–Crippen LogP) is 3.72. The average Bonchev–Trinajstić information content (AvgIpc) is 2.96. The summed E-state index contributed by atoms with van der Waals surface area (Å²) in [6.45, 7) is 0. The Kier molecular flexibility index (Phi) is 2.42. The molecule has 0 aliphatic carbocycles. The molecule has 3 aromatic rings. The van der Waals surface area contributed by atoms with E-state index in [1.807, 2.05) is 16.8 Å². The summed E-state index contributed by atoms with van der Waals surface area (Å²) in [4.78, 5) is 15.4. The largest absolute Gasteiger partial charge is 0.478 e. The van der Waals surface area contributed by atoms with Crippen LogP contribution in [0, 0.1) is 0 Å². The van der Waals surface area contributed by atoms with Gasteiger partial charge in [0.15, 0.2) is 0 Å². The second-order valence-corrected chi connectivity index (χ2v) is 5.33. The van der Waals surface area contributed by atoms with Crippen molar-refractivity contribution in [2.75, 3.05) is 0 Å². The first-order valence-electron chi connectivity index (χ1n) is 4.90. The van der Waals surface area contributed by atoms with Crippen molar-refractivity contribution in [2.24, 2.45) is 0 Å². The van der Waals surface area contributed by atoms with Crippen LogP contribution in [0.1, 0.15) is 10.4 Å². The summed E-state index contributed by atoms with van der Waals surface area (Å²) in [5.41, 5.74) is 2.24. The third kappa shape index (κ3) is 1.83. The molecule has 0 aliphatic heterocycles. The van der Waals surface area contributed by atoms with Gasteiger partial charge in [-0.05, 0) is 29.6 Å². The quantitative estimate of drug-likeness (QED) is 0.764. The lowest BCUT2D eigenvalue weighted by Gasteiger charge is -1.91. The van der Waals surface area contributed by atoms with Crippen LogP contribution < -0.4 is 0 Å². The maximum absolute atomic E-state index is 10.9. The molecule has 0 saturated carbocycles. The highest BCUT2D eigenvalue weighted by Crippen LogP contribution is 2.31. The number of carbonyl (C=O) groups is 1. The van der Waals surface area contributed by atoms with Crippen LogP contribution in [0.3, 0.4) is 0 Å². The molecule has 0 unspecified atom stereocenters. The molecule has 0 atom stereocenters. The molecule has 3 nitrogen and oxygen atoms in total. The minimum absolute atomic E-state index is 0.304. The average molecular weight is 261 g/mol. The first-order chi connectivity index (χ1) is 8.24. The standard InChI is InChI=1S/C12H7NO2S2/c14-12(15)7-1-2-9-10(5-7)17-11(13-9)8-3-4-16-6-8/h1-6H,(H,14,15). The summed E-state index contributed by atoms with van der Waals surface area (Å²) in [5.74, 6) is -0.905. The number of carboxylic acid groups (broad SMARTS) is 1. The summed E-state index contributed by atoms with van der Waals surface area (Å²) in [7, 11) is 0. The lowest BCUT2D eigenvalue weighted by atomic mass is 10.2. The Morgan fingerprint density at radius 1 is 1.29 bits per heavy atom. The molecule has 84 valence electrons. The zero-order valence-electron chi connectivity index (χ0n) is 8.58. The number of aromatic carboxylic acids is 1. The van der Waals surface area contributed by atoms with Gasteiger partial charge in [0.25, 0.3) is 0 Å². The Labute approximate surface area is 105 Å². The normalized spacial score (nSPS) is 10.8. The monoisotopic (exact) mass is 261 g/mol. The number of rotatable bonds is 2. The maximum atomic E-state index is 10.9. The van der Waals surface area contributed by atoms with Gasteiger partial charge in [-0.25, -0.2) is 9.78 Å². The van der Waals surface area contributed by atoms with Crippen LogP contribution >= 0.6 is 22.7 Å². The van der Waals surface area contributed by atoms with E-state index in [-0.39, 0.29) is 0 Å². The van der Waals surface area contributed by atoms with Gasteiger partial charge in [0, 0.05) is 10.9 Å². The third-order valence-corrected chi connectivity index (χ3v) is 4.15. The molecule has 3 rings (SSSR count). The number of carboxylic acids is 1. The summed E-state index contributed by atoms with van der Waals surface area (Å²) < 4.78 is 0.908. The van der Waals surface area contributed by atoms with E-state index in [2.05, 4.69) is 4.98 Å². The highest BCUT2D eigenvalue weighted by Gasteiger charge is 2.09. The first-order valence-corrected chi connectivity index (χ1v) is 6.66. The Bertz CT molecular complexity index is 686. The van der Waals surface area contributed by atoms with Gasteiger partial charge in [0.1, 0.15) is 5.01 Å². The van der Waals surface area contributed by atoms with Crippen LogP contribution in [0.4, 0.5) is 0 Å². The van der Waals surface area contributed by atoms with Crippen LogP contribution in [0.5, 0.6) is 0 Å². The van der Waals surface area contributed by atoms with Crippen LogP contribution in [0.25, 0.3) is 20.8 Å². The second kappa shape index (κ2) is 3.94. The zero-order chi connectivity index (χ0) is 11.8. The number of aromatic nitrogens is 1. The summed E-state index contributed by atoms with van der Waals surface area (Å²) in [6, 6.07) is 7.03. The van der Waals surface area contributed by atoms with Crippen molar-refractivity contribution in [3.05, 3.63) is 40.6 Å². The molecular weight excluding hydrogens is 254 g/mol. The van der Waals surface area contributed by atoms with E-state index < -0.39 is 5.97 Å². The molecule has 0 bridgehead atoms. The van der Waals surface area contributed by atoms with Gasteiger partial charge >= 0.3 is 5.97 Å². The number of benzene rings is 1. The molecule has 2 heterocycles. The molecule has 0 spiro atoms. The van der Waals surface area contributed by atoms with Crippen molar-refractivity contribution >= 4 is 38.9 Å². The molecule has 17 heavy (non-hydrogen) atoms. The number of thiazole rings is 1. The number of fused-ring (bicyclic) bond motifs is 1. The van der Waals surface area contributed by atoms with Crippen molar-refractivity contribution < 1.29 is 9.90 Å². The van der Waals surface area contributed by atoms with Crippen LogP contribution in [0.15, 0.2) is 35.0 Å². The molecule has 0 amide bonds. The van der Waals surface area contributed by atoms with E-state index in [1.54, 1.807) is 29.5 Å². The summed E-state index contributed by atoms with van der Waals surface area (Å²) in [5, 5.41) is 13.9. The number of hydrogen-bond acceptors (Lipinski definition) is 4. The molecule has 2 aromatic heterocycles. The topological polar surface area (TPSA) is 50.2 Å². The van der Waals surface area contributed by atoms with E-state index in [0.717, 1.165) is 20.8 Å². The minimum Gasteiger partial charge on any atom is -0.478 e. The van der Waals surface area contributed by atoms with Gasteiger partial charge < -0.3 is 5.11 Å². The minimum atomic E-state index is -0.905. The SMILES string of the molecule is O=C(O)c1ccc2nc(-c3ccsc3)sc2c1. The summed E-state index contributed by atoms with van der Waals surface area (Å²) >= 11 is 3.14. The summed E-state index contributed by atoms with van der Waals surface area (Å²) in [6.07, 6.45) is 0. The van der Waals surface area contributed by atoms with Gasteiger partial charge in [0.2, 0.25) is 0 Å². The van der Waals surface area contributed by atoms with Crippen LogP contribution in [0.2, 0.25) is 0 Å². The van der Waals surface area contributed by atoms with E-state index in [9.17, 15) is 4.79 Å². The fraction of sp³-hybridized carbons (Fsp3) is 0. The van der Waals surface area contributed by atoms with Crippen molar-refractivity contribution in [1.82, 2.24) is 4.98 Å². The van der Waals surface area contributed by atoms with E-state index in [0.29, 0.717) is 5.56 Å². The highest BCUT2D eigenvalue weighted by atomic mass is 32.1. The second-order valence-electron chi connectivity index (χ2n) is 3.52. The van der Waals surface area contributed by atoms with Gasteiger partial charge in [-0.3, -0.25) is 0 Å². The van der Waals surface area contributed by atoms with E-state index in [1.165, 1.54) is 11.3 Å². The van der Waals surface area contributed by atoms with Crippen molar-refractivity contribution in [3.63, 3.8) is 0 Å². The van der Waals surface area contributed by atoms with Gasteiger partial charge in [-0.2, -0.15) is 11.3 Å². The van der Waals surface area contributed by atoms with Crippen molar-refractivity contribution in [2.45, 2.75) is 0 Å². The zero-order valence-corrected chi connectivity index (χ0v) is 10.2.